The number of hydrogen-bond donors (Lipinski definition) is 4. The van der Waals surface area contributed by atoms with Gasteiger partial charge in [0.25, 0.3) is 23.6 Å². The van der Waals surface area contributed by atoms with Gasteiger partial charge in [0.2, 0.25) is 23.0 Å². The second kappa shape index (κ2) is 61.7. The lowest BCUT2D eigenvalue weighted by molar-refractivity contribution is -0.106. The molecule has 28 heteroatoms. The van der Waals surface area contributed by atoms with E-state index in [1.54, 1.807) is 47.0 Å². The SMILES string of the molecule is C#CCOc1cc(C(=O)NCCSCCCOCC(COCCCSCCNC(=O)c2cc(OCC#C)c(OCC#C)c(OCC#C)c2)(COCCCSCCNC(=O)c2cc(OCC#C)c(OCC#C)c(OCC#C)c2)COCCCSCCNC(=O)c2cc(OCC#C)c(OCC#C)c(OCC#C)c2)cc(OCC#C)c1OCC#C. The molecule has 0 atom stereocenters. The Bertz CT molecular complexity index is 3630. The van der Waals surface area contributed by atoms with Gasteiger partial charge in [0.05, 0.1) is 31.8 Å². The van der Waals surface area contributed by atoms with Crippen LogP contribution in [-0.2, 0) is 18.9 Å². The first-order valence-corrected chi connectivity index (χ1v) is 41.1. The third-order valence-corrected chi connectivity index (χ3v) is 19.2. The van der Waals surface area contributed by atoms with Gasteiger partial charge in [-0.3, -0.25) is 19.2 Å². The van der Waals surface area contributed by atoms with E-state index in [1.165, 1.54) is 48.5 Å². The van der Waals surface area contributed by atoms with Crippen LogP contribution in [0, 0.1) is 154 Å². The molecule has 117 heavy (non-hydrogen) atoms. The van der Waals surface area contributed by atoms with E-state index in [9.17, 15) is 19.2 Å². The van der Waals surface area contributed by atoms with Gasteiger partial charge in [-0.05, 0) is 97.2 Å². The molecule has 0 aromatic heterocycles. The van der Waals surface area contributed by atoms with Gasteiger partial charge in [-0.15, -0.1) is 77.1 Å². The smallest absolute Gasteiger partial charge is 0.251 e. The molecule has 0 aliphatic carbocycles. The van der Waals surface area contributed by atoms with Gasteiger partial charge in [-0.2, -0.15) is 47.0 Å². The van der Waals surface area contributed by atoms with Crippen molar-refractivity contribution in [3.63, 3.8) is 0 Å². The van der Waals surface area contributed by atoms with Gasteiger partial charge < -0.3 is 97.1 Å². The number of thioether (sulfide) groups is 4. The minimum Gasteiger partial charge on any atom is -0.477 e. The fourth-order valence-electron chi connectivity index (χ4n) is 9.89. The summed E-state index contributed by atoms with van der Waals surface area (Å²) < 4.78 is 94.4. The number of carbonyl (C=O) groups is 4. The van der Waals surface area contributed by atoms with Gasteiger partial charge in [-0.25, -0.2) is 0 Å². The van der Waals surface area contributed by atoms with Crippen LogP contribution in [0.3, 0.4) is 0 Å². The van der Waals surface area contributed by atoms with E-state index in [1.807, 2.05) is 0 Å². The van der Waals surface area contributed by atoms with Gasteiger partial charge in [0.15, 0.2) is 46.0 Å². The lowest BCUT2D eigenvalue weighted by atomic mass is 9.92. The highest BCUT2D eigenvalue weighted by molar-refractivity contribution is 7.99. The van der Waals surface area contributed by atoms with Crippen LogP contribution in [-0.4, -0.2) is 228 Å². The largest absolute Gasteiger partial charge is 0.477 e. The Balaban J connectivity index is 1.47. The van der Waals surface area contributed by atoms with Gasteiger partial charge in [0.1, 0.15) is 79.3 Å². The van der Waals surface area contributed by atoms with Crippen molar-refractivity contribution in [2.75, 3.05) is 204 Å². The Morgan fingerprint density at radius 2 is 0.419 bits per heavy atom. The Morgan fingerprint density at radius 3 is 0.581 bits per heavy atom. The molecule has 0 saturated heterocycles. The normalized spacial score (nSPS) is 10.2. The molecule has 0 heterocycles. The number of terminal acetylenes is 12. The lowest BCUT2D eigenvalue weighted by Crippen LogP contribution is -2.42. The predicted molar refractivity (Wildman–Crippen MR) is 461 cm³/mol. The number of rotatable bonds is 64. The maximum Gasteiger partial charge on any atom is 0.251 e. The molecule has 4 N–H and O–H groups in total. The quantitative estimate of drug-likeness (QED) is 0.0239. The molecule has 0 saturated carbocycles. The molecular weight excluding hydrogens is 1570 g/mol. The summed E-state index contributed by atoms with van der Waals surface area (Å²) in [7, 11) is 0. The fraction of sp³-hybridized carbons (Fsp3) is 0.416. The number of amides is 4. The molecule has 0 spiro atoms. The minimum atomic E-state index is -0.776. The summed E-state index contributed by atoms with van der Waals surface area (Å²) in [6.07, 6.45) is 68.3. The van der Waals surface area contributed by atoms with Crippen LogP contribution in [0.15, 0.2) is 48.5 Å². The molecule has 24 nitrogen and oxygen atoms in total. The summed E-state index contributed by atoms with van der Waals surface area (Å²) in [5.41, 5.74) is 0.139. The zero-order valence-electron chi connectivity index (χ0n) is 65.3. The third-order valence-electron chi connectivity index (χ3n) is 14.9. The zero-order valence-corrected chi connectivity index (χ0v) is 68.6. The Labute approximate surface area is 705 Å². The number of hydrogen-bond acceptors (Lipinski definition) is 24. The van der Waals surface area contributed by atoms with E-state index in [0.29, 0.717) is 124 Å². The van der Waals surface area contributed by atoms with Gasteiger partial charge in [-0.1, -0.05) is 71.0 Å². The third kappa shape index (κ3) is 38.5. The summed E-state index contributed by atoms with van der Waals surface area (Å²) in [5.74, 6) is 34.4. The summed E-state index contributed by atoms with van der Waals surface area (Å²) in [4.78, 5) is 54.0. The van der Waals surface area contributed by atoms with E-state index in [-0.39, 0.29) is 197 Å². The van der Waals surface area contributed by atoms with Gasteiger partial charge in [0, 0.05) is 97.9 Å². The first kappa shape index (κ1) is 97.7. The minimum absolute atomic E-state index is 0.103. The highest BCUT2D eigenvalue weighted by Gasteiger charge is 2.33. The van der Waals surface area contributed by atoms with Crippen molar-refractivity contribution in [3.05, 3.63) is 70.8 Å². The maximum absolute atomic E-state index is 13.5. The molecule has 0 aliphatic heterocycles. The van der Waals surface area contributed by atoms with Crippen molar-refractivity contribution < 1.29 is 95.0 Å². The maximum atomic E-state index is 13.5. The lowest BCUT2D eigenvalue weighted by Gasteiger charge is -2.33. The van der Waals surface area contributed by atoms with Crippen molar-refractivity contribution in [2.45, 2.75) is 25.7 Å². The van der Waals surface area contributed by atoms with Crippen molar-refractivity contribution in [1.82, 2.24) is 21.3 Å². The molecule has 0 fully saturated rings. The zero-order chi connectivity index (χ0) is 84.6. The number of nitrogens with one attached hydrogen (secondary N) is 4. The molecule has 0 aliphatic rings. The molecule has 4 aromatic carbocycles. The molecule has 0 radical (unpaired) electrons. The highest BCUT2D eigenvalue weighted by atomic mass is 32.2. The standard InChI is InChI=1S/C89H96N4O20S4/c1-13-33-102-73-57-69(58-74(103-34-14-2)81(73)110-41-21-9)85(94)90-29-53-114-49-25-45-98-65-89(66-99-46-26-50-115-54-30-91-86(95)70-59-75(104-35-15-3)82(111-42-22-10)76(60-70)105-36-16-4,67-100-47-27-51-116-55-31-92-87(96)71-61-77(106-37-17-5)83(112-43-23-11)78(62-71)107-38-18-6)68-101-48-28-52-117-56-32-93-88(97)72-63-79(108-39-19-7)84(113-44-24-12)80(64-72)109-40-20-8/h1-12,57-64H,25-56,65-68H2,(H,90,94)(H,91,95)(H,92,96)(H,93,97). The summed E-state index contributed by atoms with van der Waals surface area (Å²) in [6.45, 7) is 2.48. The van der Waals surface area contributed by atoms with Crippen LogP contribution in [0.1, 0.15) is 67.1 Å². The second-order valence-electron chi connectivity index (χ2n) is 23.7. The summed E-state index contributed by atoms with van der Waals surface area (Å²) in [5, 5.41) is 11.8. The Kier molecular flexibility index (Phi) is 51.5. The topological polar surface area (TPSA) is 264 Å². The molecular formula is C89H96N4O20S4. The van der Waals surface area contributed by atoms with E-state index >= 15 is 0 Å². The average molecular weight is 1670 g/mol. The van der Waals surface area contributed by atoms with Crippen molar-refractivity contribution >= 4 is 70.7 Å². The Hall–Kier alpha value is -11.7. The summed E-state index contributed by atoms with van der Waals surface area (Å²) >= 11 is 6.54. The van der Waals surface area contributed by atoms with Crippen LogP contribution >= 0.6 is 47.0 Å². The second-order valence-corrected chi connectivity index (χ2v) is 28.6. The molecule has 0 unspecified atom stereocenters. The predicted octanol–water partition coefficient (Wildman–Crippen LogP) is 8.40. The van der Waals surface area contributed by atoms with Crippen molar-refractivity contribution in [2.24, 2.45) is 5.41 Å². The van der Waals surface area contributed by atoms with Crippen LogP contribution in [0.25, 0.3) is 0 Å². The van der Waals surface area contributed by atoms with Crippen molar-refractivity contribution in [1.29, 1.82) is 0 Å². The van der Waals surface area contributed by atoms with E-state index in [4.69, 9.17) is 153 Å². The van der Waals surface area contributed by atoms with Crippen LogP contribution in [0.2, 0.25) is 0 Å². The summed E-state index contributed by atoms with van der Waals surface area (Å²) in [6, 6.07) is 12.0. The highest BCUT2D eigenvalue weighted by Crippen LogP contribution is 2.43. The first-order chi connectivity index (χ1) is 57.3. The van der Waals surface area contributed by atoms with E-state index in [0.717, 1.165) is 0 Å². The Morgan fingerprint density at radius 1 is 0.256 bits per heavy atom. The monoisotopic (exact) mass is 1670 g/mol. The average Bonchev–Trinajstić information content (AvgIpc) is 0.825. The molecule has 0 bridgehead atoms. The molecule has 4 aromatic rings. The molecule has 4 rings (SSSR count). The van der Waals surface area contributed by atoms with E-state index < -0.39 is 29.0 Å². The molecule has 616 valence electrons. The van der Waals surface area contributed by atoms with Crippen LogP contribution in [0.5, 0.6) is 69.0 Å². The fourth-order valence-corrected chi connectivity index (χ4v) is 13.0. The van der Waals surface area contributed by atoms with E-state index in [2.05, 4.69) is 92.3 Å². The van der Waals surface area contributed by atoms with Gasteiger partial charge >= 0.3 is 0 Å². The number of carbonyl (C=O) groups excluding carboxylic acids is 4. The van der Waals surface area contributed by atoms with Crippen molar-refractivity contribution in [3.8, 4) is 217 Å². The molecule has 4 amide bonds. The first-order valence-electron chi connectivity index (χ1n) is 36.5. The number of benzene rings is 4. The van der Waals surface area contributed by atoms with Crippen LogP contribution < -0.4 is 78.1 Å². The number of ether oxygens (including phenoxy) is 16. The van der Waals surface area contributed by atoms with Crippen LogP contribution in [0.4, 0.5) is 0 Å².